The molecule has 0 saturated heterocycles. The number of ether oxygens (including phenoxy) is 1. The zero-order valence-electron chi connectivity index (χ0n) is 8.51. The van der Waals surface area contributed by atoms with Crippen molar-refractivity contribution in [3.8, 4) is 5.75 Å². The van der Waals surface area contributed by atoms with E-state index in [0.29, 0.717) is 23.6 Å². The minimum Gasteiger partial charge on any atom is -0.490 e. The molecule has 0 N–H and O–H groups in total. The SMILES string of the molecule is Fc1cccc(CBr)c1OCC1CCC1. The number of rotatable bonds is 4. The van der Waals surface area contributed by atoms with E-state index in [1.807, 2.05) is 6.07 Å². The van der Waals surface area contributed by atoms with Gasteiger partial charge in [-0.15, -0.1) is 0 Å². The number of para-hydroxylation sites is 1. The highest BCUT2D eigenvalue weighted by atomic mass is 79.9. The van der Waals surface area contributed by atoms with Crippen LogP contribution in [0.1, 0.15) is 24.8 Å². The standard InChI is InChI=1S/C12H14BrFO/c13-7-10-5-2-6-11(14)12(10)15-8-9-3-1-4-9/h2,5-6,9H,1,3-4,7-8H2. The second kappa shape index (κ2) is 4.97. The molecule has 0 atom stereocenters. The first-order valence-electron chi connectivity index (χ1n) is 5.27. The van der Waals surface area contributed by atoms with E-state index < -0.39 is 0 Å². The molecular weight excluding hydrogens is 259 g/mol. The van der Waals surface area contributed by atoms with Crippen LogP contribution >= 0.6 is 15.9 Å². The fourth-order valence-electron chi connectivity index (χ4n) is 1.68. The van der Waals surface area contributed by atoms with Crippen LogP contribution in [0, 0.1) is 11.7 Å². The lowest BCUT2D eigenvalue weighted by Gasteiger charge is -2.25. The molecule has 82 valence electrons. The highest BCUT2D eigenvalue weighted by Gasteiger charge is 2.19. The maximum atomic E-state index is 13.5. The van der Waals surface area contributed by atoms with E-state index in [-0.39, 0.29) is 5.82 Å². The predicted molar refractivity (Wildman–Crippen MR) is 61.9 cm³/mol. The average molecular weight is 273 g/mol. The molecule has 15 heavy (non-hydrogen) atoms. The summed E-state index contributed by atoms with van der Waals surface area (Å²) in [5.74, 6) is 0.792. The van der Waals surface area contributed by atoms with Crippen LogP contribution in [0.25, 0.3) is 0 Å². The largest absolute Gasteiger partial charge is 0.490 e. The van der Waals surface area contributed by atoms with Gasteiger partial charge in [0.15, 0.2) is 11.6 Å². The summed E-state index contributed by atoms with van der Waals surface area (Å²) in [7, 11) is 0. The molecule has 0 bridgehead atoms. The molecule has 0 radical (unpaired) electrons. The van der Waals surface area contributed by atoms with Crippen LogP contribution in [0.2, 0.25) is 0 Å². The molecule has 0 heterocycles. The molecule has 1 saturated carbocycles. The van der Waals surface area contributed by atoms with E-state index in [1.165, 1.54) is 25.3 Å². The summed E-state index contributed by atoms with van der Waals surface area (Å²) in [4.78, 5) is 0. The fourth-order valence-corrected chi connectivity index (χ4v) is 2.12. The maximum Gasteiger partial charge on any atom is 0.165 e. The molecule has 1 fully saturated rings. The molecule has 1 nitrogen and oxygen atoms in total. The van der Waals surface area contributed by atoms with Gasteiger partial charge in [0.1, 0.15) is 0 Å². The topological polar surface area (TPSA) is 9.23 Å². The fraction of sp³-hybridized carbons (Fsp3) is 0.500. The molecule has 1 aromatic rings. The van der Waals surface area contributed by atoms with E-state index in [4.69, 9.17) is 4.74 Å². The smallest absolute Gasteiger partial charge is 0.165 e. The summed E-state index contributed by atoms with van der Waals surface area (Å²) in [5.41, 5.74) is 0.884. The molecule has 0 spiro atoms. The Balaban J connectivity index is 2.04. The summed E-state index contributed by atoms with van der Waals surface area (Å²) >= 11 is 3.33. The third-order valence-corrected chi connectivity index (χ3v) is 3.48. The van der Waals surface area contributed by atoms with Crippen molar-refractivity contribution in [2.24, 2.45) is 5.92 Å². The van der Waals surface area contributed by atoms with Gasteiger partial charge >= 0.3 is 0 Å². The number of hydrogen-bond donors (Lipinski definition) is 0. The normalized spacial score (nSPS) is 16.1. The summed E-state index contributed by atoms with van der Waals surface area (Å²) < 4.78 is 19.0. The van der Waals surface area contributed by atoms with Gasteiger partial charge in [0.05, 0.1) is 6.61 Å². The van der Waals surface area contributed by atoms with Gasteiger partial charge in [-0.25, -0.2) is 4.39 Å². The zero-order chi connectivity index (χ0) is 10.7. The monoisotopic (exact) mass is 272 g/mol. The number of hydrogen-bond acceptors (Lipinski definition) is 1. The van der Waals surface area contributed by atoms with Crippen molar-refractivity contribution < 1.29 is 9.13 Å². The minimum absolute atomic E-state index is 0.258. The Kier molecular flexibility index (Phi) is 3.62. The molecule has 2 rings (SSSR count). The van der Waals surface area contributed by atoms with Crippen LogP contribution in [-0.2, 0) is 5.33 Å². The van der Waals surface area contributed by atoms with Crippen LogP contribution < -0.4 is 4.74 Å². The number of alkyl halides is 1. The Bertz CT molecular complexity index is 336. The van der Waals surface area contributed by atoms with Crippen LogP contribution in [0.5, 0.6) is 5.75 Å². The molecule has 1 aromatic carbocycles. The van der Waals surface area contributed by atoms with Crippen molar-refractivity contribution in [3.63, 3.8) is 0 Å². The Morgan fingerprint density at radius 3 is 2.80 bits per heavy atom. The van der Waals surface area contributed by atoms with E-state index in [0.717, 1.165) is 5.56 Å². The van der Waals surface area contributed by atoms with Gasteiger partial charge in [-0.2, -0.15) is 0 Å². The molecule has 3 heteroatoms. The molecule has 1 aliphatic carbocycles. The first-order valence-corrected chi connectivity index (χ1v) is 6.39. The highest BCUT2D eigenvalue weighted by Crippen LogP contribution is 2.30. The van der Waals surface area contributed by atoms with Gasteiger partial charge in [-0.05, 0) is 24.8 Å². The molecule has 0 aliphatic heterocycles. The molecule has 1 aliphatic rings. The second-order valence-corrected chi connectivity index (χ2v) is 4.53. The van der Waals surface area contributed by atoms with Crippen molar-refractivity contribution in [3.05, 3.63) is 29.6 Å². The van der Waals surface area contributed by atoms with Gasteiger partial charge < -0.3 is 4.74 Å². The first-order chi connectivity index (χ1) is 7.31. The van der Waals surface area contributed by atoms with Gasteiger partial charge in [-0.3, -0.25) is 0 Å². The van der Waals surface area contributed by atoms with Crippen molar-refractivity contribution in [2.45, 2.75) is 24.6 Å². The van der Waals surface area contributed by atoms with Crippen LogP contribution in [-0.4, -0.2) is 6.61 Å². The third kappa shape index (κ3) is 2.51. The van der Waals surface area contributed by atoms with Gasteiger partial charge in [0, 0.05) is 10.9 Å². The molecule has 0 amide bonds. The number of benzene rings is 1. The Labute approximate surface area is 97.8 Å². The Morgan fingerprint density at radius 1 is 1.40 bits per heavy atom. The lowest BCUT2D eigenvalue weighted by molar-refractivity contribution is 0.174. The summed E-state index contributed by atoms with van der Waals surface area (Å²) in [6.07, 6.45) is 3.73. The van der Waals surface area contributed by atoms with E-state index in [1.54, 1.807) is 6.07 Å². The Morgan fingerprint density at radius 2 is 2.20 bits per heavy atom. The maximum absolute atomic E-state index is 13.5. The zero-order valence-corrected chi connectivity index (χ0v) is 10.1. The van der Waals surface area contributed by atoms with Crippen LogP contribution in [0.3, 0.4) is 0 Å². The van der Waals surface area contributed by atoms with Gasteiger partial charge in [0.2, 0.25) is 0 Å². The summed E-state index contributed by atoms with van der Waals surface area (Å²) in [6, 6.07) is 5.04. The van der Waals surface area contributed by atoms with Crippen LogP contribution in [0.15, 0.2) is 18.2 Å². The summed E-state index contributed by atoms with van der Waals surface area (Å²) in [6.45, 7) is 0.654. The first kappa shape index (κ1) is 10.9. The molecular formula is C12H14BrFO. The van der Waals surface area contributed by atoms with Crippen molar-refractivity contribution >= 4 is 15.9 Å². The van der Waals surface area contributed by atoms with E-state index >= 15 is 0 Å². The Hall–Kier alpha value is -0.570. The van der Waals surface area contributed by atoms with E-state index in [2.05, 4.69) is 15.9 Å². The average Bonchev–Trinajstić information content (AvgIpc) is 2.17. The van der Waals surface area contributed by atoms with E-state index in [9.17, 15) is 4.39 Å². The van der Waals surface area contributed by atoms with Crippen molar-refractivity contribution in [2.75, 3.05) is 6.61 Å². The van der Waals surface area contributed by atoms with Gasteiger partial charge in [-0.1, -0.05) is 34.5 Å². The van der Waals surface area contributed by atoms with Crippen LogP contribution in [0.4, 0.5) is 4.39 Å². The predicted octanol–water partition coefficient (Wildman–Crippen LogP) is 3.90. The van der Waals surface area contributed by atoms with Crippen molar-refractivity contribution in [1.29, 1.82) is 0 Å². The quantitative estimate of drug-likeness (QED) is 0.756. The molecule has 0 unspecified atom stereocenters. The lowest BCUT2D eigenvalue weighted by Crippen LogP contribution is -2.20. The number of halogens is 2. The highest BCUT2D eigenvalue weighted by molar-refractivity contribution is 9.08. The van der Waals surface area contributed by atoms with Crippen molar-refractivity contribution in [1.82, 2.24) is 0 Å². The molecule has 0 aromatic heterocycles. The lowest BCUT2D eigenvalue weighted by atomic mass is 9.86. The third-order valence-electron chi connectivity index (χ3n) is 2.88. The second-order valence-electron chi connectivity index (χ2n) is 3.97. The summed E-state index contributed by atoms with van der Waals surface area (Å²) in [5, 5.41) is 0.630. The minimum atomic E-state index is -0.258. The van der Waals surface area contributed by atoms with Gasteiger partial charge in [0.25, 0.3) is 0 Å².